The third-order valence-corrected chi connectivity index (χ3v) is 3.73. The van der Waals surface area contributed by atoms with Crippen molar-refractivity contribution in [3.63, 3.8) is 0 Å². The quantitative estimate of drug-likeness (QED) is 0.222. The Bertz CT molecular complexity index is 334. The van der Waals surface area contributed by atoms with Gasteiger partial charge in [-0.05, 0) is 25.7 Å². The summed E-state index contributed by atoms with van der Waals surface area (Å²) in [5, 5.41) is 9.02. The fourth-order valence-electron chi connectivity index (χ4n) is 2.47. The molecule has 0 aliphatic heterocycles. The van der Waals surface area contributed by atoms with E-state index in [-0.39, 0.29) is 36.4 Å². The average molecular weight is 440 g/mol. The summed E-state index contributed by atoms with van der Waals surface area (Å²) in [7, 11) is 1.71. The summed E-state index contributed by atoms with van der Waals surface area (Å²) in [6.45, 7) is 4.57. The molecule has 0 aromatic heterocycles. The summed E-state index contributed by atoms with van der Waals surface area (Å²) in [5.74, 6) is 0.648. The molecule has 23 heavy (non-hydrogen) atoms. The van der Waals surface area contributed by atoms with Gasteiger partial charge in [-0.25, -0.2) is 0 Å². The van der Waals surface area contributed by atoms with Crippen molar-refractivity contribution in [3.05, 3.63) is 0 Å². The van der Waals surface area contributed by atoms with Gasteiger partial charge < -0.3 is 20.7 Å². The molecule has 0 radical (unpaired) electrons. The van der Waals surface area contributed by atoms with E-state index in [1.165, 1.54) is 32.1 Å². The summed E-state index contributed by atoms with van der Waals surface area (Å²) in [6, 6.07) is 0. The van der Waals surface area contributed by atoms with Crippen molar-refractivity contribution in [2.75, 3.05) is 33.3 Å². The first-order valence-electron chi connectivity index (χ1n) is 8.59. The minimum atomic E-state index is -0.00886. The Morgan fingerprint density at radius 1 is 1.13 bits per heavy atom. The second-order valence-electron chi connectivity index (χ2n) is 5.69. The molecule has 6 nitrogen and oxygen atoms in total. The molecule has 0 atom stereocenters. The summed E-state index contributed by atoms with van der Waals surface area (Å²) in [6.07, 6.45) is 8.74. The molecule has 0 bridgehead atoms. The lowest BCUT2D eigenvalue weighted by atomic mass is 9.98. The molecule has 0 aromatic carbocycles. The van der Waals surface area contributed by atoms with Crippen molar-refractivity contribution < 1.29 is 9.53 Å². The molecule has 1 rings (SSSR count). The molecule has 1 saturated carbocycles. The number of amides is 1. The van der Waals surface area contributed by atoms with E-state index in [4.69, 9.17) is 4.74 Å². The highest BCUT2D eigenvalue weighted by molar-refractivity contribution is 14.0. The Morgan fingerprint density at radius 3 is 2.52 bits per heavy atom. The number of carbonyl (C=O) groups excluding carboxylic acids is 1. The van der Waals surface area contributed by atoms with Crippen LogP contribution in [0.25, 0.3) is 0 Å². The Morgan fingerprint density at radius 2 is 1.87 bits per heavy atom. The number of ether oxygens (including phenoxy) is 1. The highest BCUT2D eigenvalue weighted by Crippen LogP contribution is 2.20. The highest BCUT2D eigenvalue weighted by Gasteiger charge is 2.12. The normalized spacial score (nSPS) is 15.7. The van der Waals surface area contributed by atoms with Crippen molar-refractivity contribution in [2.45, 2.75) is 58.0 Å². The Labute approximate surface area is 157 Å². The minimum absolute atomic E-state index is 0. The van der Waals surface area contributed by atoms with Crippen LogP contribution >= 0.6 is 24.0 Å². The van der Waals surface area contributed by atoms with Gasteiger partial charge in [-0.2, -0.15) is 0 Å². The molecule has 0 aromatic rings. The van der Waals surface area contributed by atoms with Crippen molar-refractivity contribution in [1.29, 1.82) is 0 Å². The summed E-state index contributed by atoms with van der Waals surface area (Å²) in [4.78, 5) is 15.6. The molecule has 136 valence electrons. The molecule has 1 aliphatic carbocycles. The van der Waals surface area contributed by atoms with Gasteiger partial charge in [0.15, 0.2) is 5.96 Å². The first-order chi connectivity index (χ1) is 10.8. The van der Waals surface area contributed by atoms with Gasteiger partial charge in [-0.15, -0.1) is 24.0 Å². The number of rotatable bonds is 9. The Kier molecular flexibility index (Phi) is 14.6. The van der Waals surface area contributed by atoms with E-state index in [9.17, 15) is 4.79 Å². The minimum Gasteiger partial charge on any atom is -0.378 e. The van der Waals surface area contributed by atoms with Crippen LogP contribution in [0.4, 0.5) is 0 Å². The van der Waals surface area contributed by atoms with Crippen molar-refractivity contribution in [3.8, 4) is 0 Å². The second-order valence-corrected chi connectivity index (χ2v) is 5.69. The van der Waals surface area contributed by atoms with Crippen LogP contribution in [0.2, 0.25) is 0 Å². The lowest BCUT2D eigenvalue weighted by Crippen LogP contribution is -2.43. The molecule has 3 N–H and O–H groups in total. The van der Waals surface area contributed by atoms with Crippen LogP contribution in [0.5, 0.6) is 0 Å². The van der Waals surface area contributed by atoms with Gasteiger partial charge in [-0.3, -0.25) is 9.79 Å². The van der Waals surface area contributed by atoms with Crippen LogP contribution < -0.4 is 16.0 Å². The van der Waals surface area contributed by atoms with Gasteiger partial charge in [0, 0.05) is 26.7 Å². The number of nitrogens with zero attached hydrogens (tertiary/aromatic N) is 1. The van der Waals surface area contributed by atoms with Crippen molar-refractivity contribution >= 4 is 35.8 Å². The van der Waals surface area contributed by atoms with Gasteiger partial charge in [0.05, 0.1) is 12.6 Å². The smallest absolute Gasteiger partial charge is 0.239 e. The second kappa shape index (κ2) is 15.0. The van der Waals surface area contributed by atoms with E-state index in [1.807, 2.05) is 6.92 Å². The molecule has 0 unspecified atom stereocenters. The number of carbonyl (C=O) groups is 1. The molecule has 1 fully saturated rings. The van der Waals surface area contributed by atoms with E-state index >= 15 is 0 Å². The molecule has 1 aliphatic rings. The van der Waals surface area contributed by atoms with E-state index in [1.54, 1.807) is 7.05 Å². The number of hydrogen-bond donors (Lipinski definition) is 3. The van der Waals surface area contributed by atoms with Gasteiger partial charge in [0.2, 0.25) is 5.91 Å². The number of halogens is 1. The van der Waals surface area contributed by atoms with Gasteiger partial charge in [0.25, 0.3) is 0 Å². The number of guanidine groups is 1. The van der Waals surface area contributed by atoms with Crippen molar-refractivity contribution in [1.82, 2.24) is 16.0 Å². The summed E-state index contributed by atoms with van der Waals surface area (Å²) >= 11 is 0. The molecule has 0 heterocycles. The zero-order valence-electron chi connectivity index (χ0n) is 14.5. The third kappa shape index (κ3) is 11.6. The lowest BCUT2D eigenvalue weighted by Gasteiger charge is -2.22. The SMILES string of the molecule is CCCNC(=O)CNC(=NC)NCCCOC1CCCCC1.I. The zero-order chi connectivity index (χ0) is 16.0. The molecular weight excluding hydrogens is 407 g/mol. The highest BCUT2D eigenvalue weighted by atomic mass is 127. The van der Waals surface area contributed by atoms with Crippen LogP contribution in [-0.4, -0.2) is 51.3 Å². The van der Waals surface area contributed by atoms with Crippen LogP contribution in [0.15, 0.2) is 4.99 Å². The fraction of sp³-hybridized carbons (Fsp3) is 0.875. The number of nitrogens with one attached hydrogen (secondary N) is 3. The van der Waals surface area contributed by atoms with E-state index in [2.05, 4.69) is 20.9 Å². The Hall–Kier alpha value is -0.570. The van der Waals surface area contributed by atoms with Gasteiger partial charge in [-0.1, -0.05) is 26.2 Å². The first kappa shape index (κ1) is 22.4. The third-order valence-electron chi connectivity index (χ3n) is 3.73. The first-order valence-corrected chi connectivity index (χ1v) is 8.59. The number of hydrogen-bond acceptors (Lipinski definition) is 3. The van der Waals surface area contributed by atoms with Crippen molar-refractivity contribution in [2.24, 2.45) is 4.99 Å². The maximum Gasteiger partial charge on any atom is 0.239 e. The van der Waals surface area contributed by atoms with E-state index < -0.39 is 0 Å². The zero-order valence-corrected chi connectivity index (χ0v) is 16.9. The Balaban J connectivity index is 0.00000484. The van der Waals surface area contributed by atoms with Crippen LogP contribution in [0.3, 0.4) is 0 Å². The summed E-state index contributed by atoms with van der Waals surface area (Å²) < 4.78 is 5.88. The summed E-state index contributed by atoms with van der Waals surface area (Å²) in [5.41, 5.74) is 0. The maximum absolute atomic E-state index is 11.5. The molecule has 0 spiro atoms. The standard InChI is InChI=1S/C16H32N4O2.HI/c1-3-10-18-15(21)13-20-16(17-2)19-11-7-12-22-14-8-5-4-6-9-14;/h14H,3-13H2,1-2H3,(H,18,21)(H2,17,19,20);1H. The lowest BCUT2D eigenvalue weighted by molar-refractivity contribution is -0.120. The maximum atomic E-state index is 11.5. The molecule has 0 saturated heterocycles. The molecular formula is C16H33IN4O2. The average Bonchev–Trinajstić information content (AvgIpc) is 2.56. The van der Waals surface area contributed by atoms with Crippen LogP contribution in [0.1, 0.15) is 51.9 Å². The molecule has 7 heteroatoms. The largest absolute Gasteiger partial charge is 0.378 e. The topological polar surface area (TPSA) is 74.8 Å². The van der Waals surface area contributed by atoms with Crippen LogP contribution in [0, 0.1) is 0 Å². The van der Waals surface area contributed by atoms with E-state index in [0.29, 0.717) is 18.6 Å². The van der Waals surface area contributed by atoms with Gasteiger partial charge >= 0.3 is 0 Å². The fourth-order valence-corrected chi connectivity index (χ4v) is 2.47. The predicted octanol–water partition coefficient (Wildman–Crippen LogP) is 2.03. The molecule has 1 amide bonds. The number of aliphatic imine (C=N–C) groups is 1. The van der Waals surface area contributed by atoms with Crippen LogP contribution in [-0.2, 0) is 9.53 Å². The predicted molar refractivity (Wildman–Crippen MR) is 106 cm³/mol. The van der Waals surface area contributed by atoms with E-state index in [0.717, 1.165) is 26.0 Å². The van der Waals surface area contributed by atoms with Gasteiger partial charge in [0.1, 0.15) is 0 Å². The monoisotopic (exact) mass is 440 g/mol.